The Bertz CT molecular complexity index is 798. The van der Waals surface area contributed by atoms with Crippen molar-refractivity contribution in [3.8, 4) is 11.5 Å². The molecular formula is C15H14N2O6. The van der Waals surface area contributed by atoms with E-state index in [-0.39, 0.29) is 5.75 Å². The minimum atomic E-state index is -0.925. The van der Waals surface area contributed by atoms with Crippen LogP contribution in [0.25, 0.3) is 0 Å². The Labute approximate surface area is 131 Å². The first kappa shape index (κ1) is 16.2. The zero-order valence-corrected chi connectivity index (χ0v) is 12.5. The molecule has 0 radical (unpaired) electrons. The van der Waals surface area contributed by atoms with Gasteiger partial charge in [0.25, 0.3) is 0 Å². The van der Waals surface area contributed by atoms with Crippen LogP contribution in [0.1, 0.15) is 5.69 Å². The van der Waals surface area contributed by atoms with Gasteiger partial charge in [-0.15, -0.1) is 0 Å². The molecule has 8 heteroatoms. The van der Waals surface area contributed by atoms with Crippen LogP contribution in [0.4, 0.5) is 5.69 Å². The van der Waals surface area contributed by atoms with Gasteiger partial charge in [0.1, 0.15) is 12.3 Å². The van der Waals surface area contributed by atoms with Crippen LogP contribution in [0.3, 0.4) is 0 Å². The number of aryl methyl sites for hydroxylation is 1. The summed E-state index contributed by atoms with van der Waals surface area (Å²) < 4.78 is 10.9. The third-order valence-electron chi connectivity index (χ3n) is 3.12. The SMILES string of the molecule is COC(=O)Cn1c(C)cc(Oc2ccccc2)c([N+](=O)[O-])c1=O. The molecule has 1 aromatic carbocycles. The van der Waals surface area contributed by atoms with Gasteiger partial charge in [-0.25, -0.2) is 0 Å². The number of aromatic nitrogens is 1. The molecule has 120 valence electrons. The van der Waals surface area contributed by atoms with E-state index in [1.54, 1.807) is 37.3 Å². The second-order valence-electron chi connectivity index (χ2n) is 4.64. The number of esters is 1. The smallest absolute Gasteiger partial charge is 0.376 e. The van der Waals surface area contributed by atoms with Gasteiger partial charge in [0, 0.05) is 11.8 Å². The normalized spacial score (nSPS) is 10.2. The molecule has 23 heavy (non-hydrogen) atoms. The molecule has 0 fully saturated rings. The molecule has 1 heterocycles. The Hall–Kier alpha value is -3.16. The lowest BCUT2D eigenvalue weighted by molar-refractivity contribution is -0.387. The maximum absolute atomic E-state index is 12.3. The lowest BCUT2D eigenvalue weighted by Gasteiger charge is -2.12. The first-order valence-corrected chi connectivity index (χ1v) is 6.62. The summed E-state index contributed by atoms with van der Waals surface area (Å²) in [5.74, 6) is -0.494. The molecule has 8 nitrogen and oxygen atoms in total. The highest BCUT2D eigenvalue weighted by Gasteiger charge is 2.26. The number of para-hydroxylation sites is 1. The Kier molecular flexibility index (Phi) is 4.75. The van der Waals surface area contributed by atoms with Gasteiger partial charge < -0.3 is 9.47 Å². The van der Waals surface area contributed by atoms with Crippen LogP contribution in [0.2, 0.25) is 0 Å². The summed E-state index contributed by atoms with van der Waals surface area (Å²) in [6, 6.07) is 9.73. The number of hydrogen-bond donors (Lipinski definition) is 0. The van der Waals surface area contributed by atoms with Crippen LogP contribution >= 0.6 is 0 Å². The van der Waals surface area contributed by atoms with Gasteiger partial charge >= 0.3 is 17.2 Å². The van der Waals surface area contributed by atoms with Gasteiger partial charge in [0.05, 0.1) is 12.0 Å². The van der Waals surface area contributed by atoms with E-state index in [4.69, 9.17) is 4.74 Å². The predicted octanol–water partition coefficient (Wildman–Crippen LogP) is 2.03. The predicted molar refractivity (Wildman–Crippen MR) is 80.6 cm³/mol. The number of pyridine rings is 1. The maximum Gasteiger partial charge on any atom is 0.376 e. The van der Waals surface area contributed by atoms with Gasteiger partial charge in [-0.2, -0.15) is 0 Å². The van der Waals surface area contributed by atoms with E-state index in [0.717, 1.165) is 4.57 Å². The van der Waals surface area contributed by atoms with Crippen LogP contribution in [-0.2, 0) is 16.1 Å². The molecule has 0 N–H and O–H groups in total. The van der Waals surface area contributed by atoms with Crippen molar-refractivity contribution in [3.63, 3.8) is 0 Å². The second kappa shape index (κ2) is 6.73. The standard InChI is InChI=1S/C15H14N2O6/c1-10-8-12(23-11-6-4-3-5-7-11)14(17(20)21)15(19)16(10)9-13(18)22-2/h3-8H,9H2,1-2H3. The summed E-state index contributed by atoms with van der Waals surface area (Å²) in [6.45, 7) is 1.14. The summed E-state index contributed by atoms with van der Waals surface area (Å²) in [6.07, 6.45) is 0. The molecule has 0 amide bonds. The highest BCUT2D eigenvalue weighted by molar-refractivity contribution is 5.69. The number of ether oxygens (including phenoxy) is 2. The van der Waals surface area contributed by atoms with Gasteiger partial charge in [0.15, 0.2) is 0 Å². The van der Waals surface area contributed by atoms with Crippen LogP contribution in [0.5, 0.6) is 11.5 Å². The van der Waals surface area contributed by atoms with Crippen molar-refractivity contribution in [2.24, 2.45) is 0 Å². The van der Waals surface area contributed by atoms with Crippen molar-refractivity contribution in [1.29, 1.82) is 0 Å². The first-order chi connectivity index (χ1) is 10.9. The van der Waals surface area contributed by atoms with Gasteiger partial charge in [-0.1, -0.05) is 18.2 Å². The lowest BCUT2D eigenvalue weighted by Crippen LogP contribution is -2.28. The van der Waals surface area contributed by atoms with E-state index >= 15 is 0 Å². The van der Waals surface area contributed by atoms with E-state index in [2.05, 4.69) is 4.74 Å². The second-order valence-corrected chi connectivity index (χ2v) is 4.64. The molecule has 0 aliphatic carbocycles. The summed E-state index contributed by atoms with van der Waals surface area (Å²) in [7, 11) is 1.17. The van der Waals surface area contributed by atoms with Crippen LogP contribution in [-0.4, -0.2) is 22.6 Å². The van der Waals surface area contributed by atoms with E-state index in [9.17, 15) is 19.7 Å². The third-order valence-corrected chi connectivity index (χ3v) is 3.12. The third kappa shape index (κ3) is 3.54. The number of nitrogens with zero attached hydrogens (tertiary/aromatic N) is 2. The molecule has 0 unspecified atom stereocenters. The molecule has 2 aromatic rings. The zero-order valence-electron chi connectivity index (χ0n) is 12.5. The fourth-order valence-electron chi connectivity index (χ4n) is 1.98. The van der Waals surface area contributed by atoms with Gasteiger partial charge in [-0.05, 0) is 19.1 Å². The fraction of sp³-hybridized carbons (Fsp3) is 0.200. The molecule has 0 bridgehead atoms. The van der Waals surface area contributed by atoms with E-state index < -0.39 is 28.7 Å². The maximum atomic E-state index is 12.3. The minimum Gasteiger partial charge on any atom is -0.468 e. The Morgan fingerprint density at radius 2 is 1.96 bits per heavy atom. The summed E-state index contributed by atoms with van der Waals surface area (Å²) in [4.78, 5) is 34.1. The van der Waals surface area contributed by atoms with Gasteiger partial charge in [0.2, 0.25) is 5.75 Å². The van der Waals surface area contributed by atoms with Crippen LogP contribution < -0.4 is 10.3 Å². The van der Waals surface area contributed by atoms with E-state index in [1.165, 1.54) is 13.2 Å². The fourth-order valence-corrected chi connectivity index (χ4v) is 1.98. The van der Waals surface area contributed by atoms with Crippen molar-refractivity contribution in [2.45, 2.75) is 13.5 Å². The number of nitro groups is 1. The molecule has 0 atom stereocenters. The zero-order chi connectivity index (χ0) is 17.0. The monoisotopic (exact) mass is 318 g/mol. The van der Waals surface area contributed by atoms with Crippen molar-refractivity contribution in [3.05, 3.63) is 62.6 Å². The molecule has 0 saturated carbocycles. The molecule has 2 rings (SSSR count). The minimum absolute atomic E-state index is 0.176. The first-order valence-electron chi connectivity index (χ1n) is 6.62. The Morgan fingerprint density at radius 3 is 2.52 bits per heavy atom. The average molecular weight is 318 g/mol. The number of benzene rings is 1. The van der Waals surface area contributed by atoms with Crippen molar-refractivity contribution < 1.29 is 19.2 Å². The number of carbonyl (C=O) groups is 1. The van der Waals surface area contributed by atoms with Crippen molar-refractivity contribution in [2.75, 3.05) is 7.11 Å². The highest BCUT2D eigenvalue weighted by atomic mass is 16.6. The molecular weight excluding hydrogens is 304 g/mol. The number of methoxy groups -OCH3 is 1. The summed E-state index contributed by atoms with van der Waals surface area (Å²) >= 11 is 0. The quantitative estimate of drug-likeness (QED) is 0.475. The van der Waals surface area contributed by atoms with Crippen molar-refractivity contribution in [1.82, 2.24) is 4.57 Å². The van der Waals surface area contributed by atoms with E-state index in [0.29, 0.717) is 11.4 Å². The average Bonchev–Trinajstić information content (AvgIpc) is 2.51. The van der Waals surface area contributed by atoms with Gasteiger partial charge in [-0.3, -0.25) is 24.3 Å². The molecule has 0 saturated heterocycles. The van der Waals surface area contributed by atoms with E-state index in [1.807, 2.05) is 0 Å². The van der Waals surface area contributed by atoms with Crippen LogP contribution in [0, 0.1) is 17.0 Å². The molecule has 0 aliphatic rings. The molecule has 1 aromatic heterocycles. The highest BCUT2D eigenvalue weighted by Crippen LogP contribution is 2.29. The number of hydrogen-bond acceptors (Lipinski definition) is 6. The Morgan fingerprint density at radius 1 is 1.30 bits per heavy atom. The summed E-state index contributed by atoms with van der Waals surface area (Å²) in [5.41, 5.74) is -1.31. The largest absolute Gasteiger partial charge is 0.468 e. The molecule has 0 aliphatic heterocycles. The summed E-state index contributed by atoms with van der Waals surface area (Å²) in [5, 5.41) is 11.2. The number of carbonyl (C=O) groups excluding carboxylic acids is 1. The van der Waals surface area contributed by atoms with Crippen LogP contribution in [0.15, 0.2) is 41.2 Å². The molecule has 0 spiro atoms. The lowest BCUT2D eigenvalue weighted by atomic mass is 10.3. The Balaban J connectivity index is 2.54. The topological polar surface area (TPSA) is 101 Å². The number of rotatable bonds is 5. The van der Waals surface area contributed by atoms with Crippen molar-refractivity contribution >= 4 is 11.7 Å².